The molecule has 138 valence electrons. The van der Waals surface area contributed by atoms with Crippen LogP contribution in [0.4, 0.5) is 4.79 Å². The van der Waals surface area contributed by atoms with Crippen LogP contribution in [0.3, 0.4) is 0 Å². The maximum Gasteiger partial charge on any atom is 0.410 e. The smallest absolute Gasteiger partial charge is 0.410 e. The summed E-state index contributed by atoms with van der Waals surface area (Å²) < 4.78 is 5.40. The molecule has 2 amide bonds. The predicted octanol–water partition coefficient (Wildman–Crippen LogP) is 3.23. The number of nitrogens with one attached hydrogen (secondary N) is 1. The van der Waals surface area contributed by atoms with Crippen LogP contribution in [-0.2, 0) is 11.3 Å². The molecule has 6 nitrogen and oxygen atoms in total. The summed E-state index contributed by atoms with van der Waals surface area (Å²) in [6, 6.07) is 7.96. The molecule has 1 saturated heterocycles. The lowest BCUT2D eigenvalue weighted by molar-refractivity contribution is 0.0801. The van der Waals surface area contributed by atoms with E-state index in [1.165, 1.54) is 16.9 Å². The highest BCUT2D eigenvalue weighted by Crippen LogP contribution is 2.18. The zero-order chi connectivity index (χ0) is 18.4. The normalized spacial score (nSPS) is 14.9. The Hall–Kier alpha value is -2.41. The summed E-state index contributed by atoms with van der Waals surface area (Å²) in [5.74, 6) is 0.306. The first kappa shape index (κ1) is 18.4. The number of hydrogen-bond acceptors (Lipinski definition) is 5. The fourth-order valence-corrected chi connectivity index (χ4v) is 3.43. The maximum atomic E-state index is 12.2. The predicted molar refractivity (Wildman–Crippen MR) is 100 cm³/mol. The number of benzene rings is 1. The molecular formula is C19H23N3O3S. The lowest BCUT2D eigenvalue weighted by atomic mass is 9.97. The average Bonchev–Trinajstić information content (AvgIpc) is 3.21. The minimum absolute atomic E-state index is 0.0764. The molecule has 0 unspecified atom stereocenters. The monoisotopic (exact) mass is 373 g/mol. The molecule has 0 atom stereocenters. The summed E-state index contributed by atoms with van der Waals surface area (Å²) in [7, 11) is 0. The SMILES string of the molecule is Cc1ccc(COC(=O)N2CCC(CNC(=O)c3cncs3)CC2)cc1. The van der Waals surface area contributed by atoms with Crippen LogP contribution in [0.2, 0.25) is 0 Å². The van der Waals surface area contributed by atoms with Gasteiger partial charge in [0.15, 0.2) is 0 Å². The van der Waals surface area contributed by atoms with Crippen molar-refractivity contribution in [2.24, 2.45) is 5.92 Å². The van der Waals surface area contributed by atoms with E-state index >= 15 is 0 Å². The first-order valence-corrected chi connectivity index (χ1v) is 9.63. The van der Waals surface area contributed by atoms with E-state index in [9.17, 15) is 9.59 Å². The Balaban J connectivity index is 1.37. The standard InChI is InChI=1S/C19H23N3O3S/c1-14-2-4-16(5-3-14)12-25-19(24)22-8-6-15(7-9-22)10-21-18(23)17-11-20-13-26-17/h2-5,11,13,15H,6-10,12H2,1H3,(H,21,23). The van der Waals surface area contributed by atoms with Gasteiger partial charge in [-0.05, 0) is 31.2 Å². The number of amides is 2. The Labute approximate surface area is 157 Å². The molecule has 2 aromatic rings. The highest BCUT2D eigenvalue weighted by molar-refractivity contribution is 7.11. The van der Waals surface area contributed by atoms with E-state index < -0.39 is 0 Å². The number of rotatable bonds is 5. The average molecular weight is 373 g/mol. The van der Waals surface area contributed by atoms with Crippen LogP contribution in [0.15, 0.2) is 36.0 Å². The van der Waals surface area contributed by atoms with Crippen molar-refractivity contribution in [3.63, 3.8) is 0 Å². The highest BCUT2D eigenvalue weighted by Gasteiger charge is 2.24. The topological polar surface area (TPSA) is 71.5 Å². The van der Waals surface area contributed by atoms with Gasteiger partial charge < -0.3 is 15.0 Å². The van der Waals surface area contributed by atoms with Gasteiger partial charge in [-0.25, -0.2) is 4.79 Å². The summed E-state index contributed by atoms with van der Waals surface area (Å²) in [5.41, 5.74) is 3.82. The number of carbonyl (C=O) groups is 2. The van der Waals surface area contributed by atoms with Crippen LogP contribution >= 0.6 is 11.3 Å². The van der Waals surface area contributed by atoms with Crippen LogP contribution in [0.1, 0.15) is 33.6 Å². The van der Waals surface area contributed by atoms with Crippen LogP contribution in [0.25, 0.3) is 0 Å². The van der Waals surface area contributed by atoms with E-state index in [-0.39, 0.29) is 12.0 Å². The number of nitrogens with zero attached hydrogens (tertiary/aromatic N) is 2. The van der Waals surface area contributed by atoms with Crippen LogP contribution < -0.4 is 5.32 Å². The van der Waals surface area contributed by atoms with Crippen molar-refractivity contribution in [1.29, 1.82) is 0 Å². The van der Waals surface area contributed by atoms with Gasteiger partial charge in [0.25, 0.3) is 5.91 Å². The van der Waals surface area contributed by atoms with Crippen molar-refractivity contribution in [1.82, 2.24) is 15.2 Å². The number of aromatic nitrogens is 1. The van der Waals surface area contributed by atoms with Crippen LogP contribution in [0.5, 0.6) is 0 Å². The van der Waals surface area contributed by atoms with Crippen molar-refractivity contribution in [2.75, 3.05) is 19.6 Å². The molecule has 2 heterocycles. The first-order chi connectivity index (χ1) is 12.6. The molecule has 1 aromatic heterocycles. The Morgan fingerprint density at radius 1 is 1.27 bits per heavy atom. The van der Waals surface area contributed by atoms with E-state index in [0.717, 1.165) is 18.4 Å². The molecule has 1 aliphatic rings. The summed E-state index contributed by atoms with van der Waals surface area (Å²) >= 11 is 1.33. The Bertz CT molecular complexity index is 723. The van der Waals surface area contributed by atoms with E-state index in [4.69, 9.17) is 4.74 Å². The number of likely N-dealkylation sites (tertiary alicyclic amines) is 1. The lowest BCUT2D eigenvalue weighted by Gasteiger charge is -2.31. The largest absolute Gasteiger partial charge is 0.445 e. The van der Waals surface area contributed by atoms with Crippen LogP contribution in [-0.4, -0.2) is 41.5 Å². The Morgan fingerprint density at radius 2 is 2.00 bits per heavy atom. The van der Waals surface area contributed by atoms with E-state index in [1.54, 1.807) is 16.6 Å². The molecule has 1 fully saturated rings. The van der Waals surface area contributed by atoms with Gasteiger partial charge in [-0.1, -0.05) is 29.8 Å². The third-order valence-corrected chi connectivity index (χ3v) is 5.33. The van der Waals surface area contributed by atoms with Gasteiger partial charge in [0.1, 0.15) is 11.5 Å². The van der Waals surface area contributed by atoms with E-state index in [2.05, 4.69) is 10.3 Å². The van der Waals surface area contributed by atoms with Gasteiger partial charge in [0, 0.05) is 19.6 Å². The van der Waals surface area contributed by atoms with E-state index in [1.807, 2.05) is 31.2 Å². The molecule has 0 bridgehead atoms. The van der Waals surface area contributed by atoms with Gasteiger partial charge in [-0.3, -0.25) is 9.78 Å². The second-order valence-corrected chi connectivity index (χ2v) is 7.43. The van der Waals surface area contributed by atoms with Gasteiger partial charge in [0.05, 0.1) is 11.7 Å². The lowest BCUT2D eigenvalue weighted by Crippen LogP contribution is -2.41. The Kier molecular flexibility index (Phi) is 6.22. The van der Waals surface area contributed by atoms with Crippen molar-refractivity contribution in [3.05, 3.63) is 52.0 Å². The maximum absolute atomic E-state index is 12.2. The van der Waals surface area contributed by atoms with Gasteiger partial charge in [0.2, 0.25) is 0 Å². The molecule has 0 aliphatic carbocycles. The number of ether oxygens (including phenoxy) is 1. The second kappa shape index (κ2) is 8.80. The van der Waals surface area contributed by atoms with Gasteiger partial charge >= 0.3 is 6.09 Å². The van der Waals surface area contributed by atoms with Crippen LogP contribution in [0, 0.1) is 12.8 Å². The number of aryl methyl sites for hydroxylation is 1. The molecule has 0 saturated carbocycles. The van der Waals surface area contributed by atoms with Crippen molar-refractivity contribution in [2.45, 2.75) is 26.4 Å². The molecule has 26 heavy (non-hydrogen) atoms. The highest BCUT2D eigenvalue weighted by atomic mass is 32.1. The zero-order valence-corrected chi connectivity index (χ0v) is 15.6. The molecule has 3 rings (SSSR count). The minimum atomic E-state index is -0.266. The summed E-state index contributed by atoms with van der Waals surface area (Å²) in [4.78, 5) is 30.4. The van der Waals surface area contributed by atoms with Gasteiger partial charge in [-0.2, -0.15) is 0 Å². The zero-order valence-electron chi connectivity index (χ0n) is 14.8. The first-order valence-electron chi connectivity index (χ1n) is 8.76. The number of piperidine rings is 1. The number of carbonyl (C=O) groups excluding carboxylic acids is 2. The third-order valence-electron chi connectivity index (χ3n) is 4.56. The Morgan fingerprint density at radius 3 is 2.65 bits per heavy atom. The molecule has 1 aromatic carbocycles. The van der Waals surface area contributed by atoms with E-state index in [0.29, 0.717) is 37.0 Å². The molecule has 0 radical (unpaired) electrons. The quantitative estimate of drug-likeness (QED) is 0.873. The minimum Gasteiger partial charge on any atom is -0.445 e. The fraction of sp³-hybridized carbons (Fsp3) is 0.421. The molecular weight excluding hydrogens is 350 g/mol. The number of thiazole rings is 1. The summed E-state index contributed by atoms with van der Waals surface area (Å²) in [5, 5.41) is 2.95. The third kappa shape index (κ3) is 5.05. The second-order valence-electron chi connectivity index (χ2n) is 6.55. The van der Waals surface area contributed by atoms with Gasteiger partial charge in [-0.15, -0.1) is 11.3 Å². The molecule has 1 aliphatic heterocycles. The van der Waals surface area contributed by atoms with Crippen molar-refractivity contribution in [3.8, 4) is 0 Å². The summed E-state index contributed by atoms with van der Waals surface area (Å²) in [6.45, 7) is 4.27. The summed E-state index contributed by atoms with van der Waals surface area (Å²) in [6.07, 6.45) is 3.04. The number of hydrogen-bond donors (Lipinski definition) is 1. The fourth-order valence-electron chi connectivity index (χ4n) is 2.89. The molecule has 7 heteroatoms. The molecule has 1 N–H and O–H groups in total. The van der Waals surface area contributed by atoms with Crippen molar-refractivity contribution >= 4 is 23.3 Å². The van der Waals surface area contributed by atoms with Crippen molar-refractivity contribution < 1.29 is 14.3 Å². The molecule has 0 spiro atoms.